The van der Waals surface area contributed by atoms with Crippen LogP contribution in [-0.2, 0) is 4.79 Å². The number of nitrogens with zero attached hydrogens (tertiary/aromatic N) is 1. The van der Waals surface area contributed by atoms with Gasteiger partial charge in [-0.25, -0.2) is 0 Å². The Hall–Kier alpha value is -2.44. The van der Waals surface area contributed by atoms with Crippen LogP contribution in [0.5, 0.6) is 11.5 Å². The van der Waals surface area contributed by atoms with Crippen LogP contribution in [0.4, 0.5) is 5.69 Å². The normalized spacial score (nSPS) is 14.8. The largest absolute Gasteiger partial charge is 0.481 e. The molecule has 0 saturated carbocycles. The van der Waals surface area contributed by atoms with Gasteiger partial charge in [0.1, 0.15) is 11.5 Å². The van der Waals surface area contributed by atoms with E-state index in [-0.39, 0.29) is 17.2 Å². The van der Waals surface area contributed by atoms with Gasteiger partial charge in [0.25, 0.3) is 5.91 Å². The van der Waals surface area contributed by atoms with Gasteiger partial charge in [-0.05, 0) is 43.2 Å². The van der Waals surface area contributed by atoms with Crippen LogP contribution >= 0.6 is 23.2 Å². The Balaban J connectivity index is 1.87. The van der Waals surface area contributed by atoms with Crippen LogP contribution in [0.15, 0.2) is 36.4 Å². The van der Waals surface area contributed by atoms with Gasteiger partial charge in [0, 0.05) is 29.9 Å². The summed E-state index contributed by atoms with van der Waals surface area (Å²) in [6, 6.07) is 9.88. The minimum atomic E-state index is -0.764. The van der Waals surface area contributed by atoms with Crippen LogP contribution < -0.4 is 15.4 Å². The second kappa shape index (κ2) is 8.06. The molecule has 0 bridgehead atoms. The number of halogens is 2. The van der Waals surface area contributed by atoms with E-state index in [4.69, 9.17) is 38.8 Å². The number of piperidine rings is 1. The first-order valence-corrected chi connectivity index (χ1v) is 9.15. The lowest BCUT2D eigenvalue weighted by molar-refractivity contribution is -0.142. The molecule has 0 spiro atoms. The summed E-state index contributed by atoms with van der Waals surface area (Å²) >= 11 is 12.1. The van der Waals surface area contributed by atoms with E-state index in [1.165, 1.54) is 0 Å². The second-order valence-electron chi connectivity index (χ2n) is 6.32. The van der Waals surface area contributed by atoms with E-state index in [1.807, 2.05) is 0 Å². The van der Waals surface area contributed by atoms with Gasteiger partial charge < -0.3 is 20.5 Å². The average molecular weight is 409 g/mol. The number of anilines is 1. The van der Waals surface area contributed by atoms with Gasteiger partial charge in [-0.3, -0.25) is 9.59 Å². The number of hydrogen-bond acceptors (Lipinski definition) is 4. The standard InChI is InChI=1S/C19H18Cl2N2O4/c20-12-1-4-16(15(21)9-12)27-17-10-13(2-3-14(17)18(22)24)23-7-5-11(6-8-23)19(25)26/h1-4,9-11H,5-8H2,(H2,22,24)(H,25,26). The molecule has 1 aliphatic rings. The third-order valence-electron chi connectivity index (χ3n) is 4.55. The summed E-state index contributed by atoms with van der Waals surface area (Å²) in [5.41, 5.74) is 6.51. The summed E-state index contributed by atoms with van der Waals surface area (Å²) in [7, 11) is 0. The molecule has 8 heteroatoms. The summed E-state index contributed by atoms with van der Waals surface area (Å²) < 4.78 is 5.84. The number of carbonyl (C=O) groups is 2. The van der Waals surface area contributed by atoms with Gasteiger partial charge in [-0.15, -0.1) is 0 Å². The van der Waals surface area contributed by atoms with Crippen LogP contribution in [0.25, 0.3) is 0 Å². The van der Waals surface area contributed by atoms with Crippen LogP contribution in [-0.4, -0.2) is 30.1 Å². The van der Waals surface area contributed by atoms with Crippen molar-refractivity contribution in [3.8, 4) is 11.5 Å². The number of rotatable bonds is 5. The third-order valence-corrected chi connectivity index (χ3v) is 5.08. The monoisotopic (exact) mass is 408 g/mol. The third kappa shape index (κ3) is 4.46. The van der Waals surface area contributed by atoms with Crippen molar-refractivity contribution >= 4 is 40.8 Å². The molecular weight excluding hydrogens is 391 g/mol. The van der Waals surface area contributed by atoms with Crippen molar-refractivity contribution in [2.24, 2.45) is 11.7 Å². The molecule has 0 unspecified atom stereocenters. The first-order chi connectivity index (χ1) is 12.8. The highest BCUT2D eigenvalue weighted by Gasteiger charge is 2.25. The van der Waals surface area contributed by atoms with Crippen molar-refractivity contribution in [2.45, 2.75) is 12.8 Å². The lowest BCUT2D eigenvalue weighted by atomic mass is 9.96. The second-order valence-corrected chi connectivity index (χ2v) is 7.16. The lowest BCUT2D eigenvalue weighted by Gasteiger charge is -2.32. The molecule has 1 saturated heterocycles. The average Bonchev–Trinajstić information content (AvgIpc) is 2.64. The molecule has 2 aromatic carbocycles. The van der Waals surface area contributed by atoms with E-state index in [1.54, 1.807) is 36.4 Å². The Bertz CT molecular complexity index is 880. The first-order valence-electron chi connectivity index (χ1n) is 8.39. The molecule has 0 radical (unpaired) electrons. The maximum atomic E-state index is 11.8. The summed E-state index contributed by atoms with van der Waals surface area (Å²) in [4.78, 5) is 24.9. The maximum absolute atomic E-state index is 11.8. The van der Waals surface area contributed by atoms with Crippen LogP contribution in [0.1, 0.15) is 23.2 Å². The number of hydrogen-bond donors (Lipinski definition) is 2. The number of aliphatic carboxylic acids is 1. The van der Waals surface area contributed by atoms with E-state index in [2.05, 4.69) is 4.90 Å². The van der Waals surface area contributed by atoms with Gasteiger partial charge in [0.05, 0.1) is 16.5 Å². The number of benzene rings is 2. The van der Waals surface area contributed by atoms with Crippen molar-refractivity contribution in [1.29, 1.82) is 0 Å². The highest BCUT2D eigenvalue weighted by molar-refractivity contribution is 6.35. The van der Waals surface area contributed by atoms with Gasteiger partial charge in [0.2, 0.25) is 0 Å². The number of carboxylic acids is 1. The number of carboxylic acid groups (broad SMARTS) is 1. The molecule has 2 aromatic rings. The molecule has 0 aromatic heterocycles. The molecular formula is C19H18Cl2N2O4. The summed E-state index contributed by atoms with van der Waals surface area (Å²) in [6.45, 7) is 1.21. The predicted octanol–water partition coefficient (Wildman–Crippen LogP) is 4.19. The first kappa shape index (κ1) is 19.3. The molecule has 0 atom stereocenters. The summed E-state index contributed by atoms with van der Waals surface area (Å²) in [5, 5.41) is 9.92. The van der Waals surface area contributed by atoms with Gasteiger partial charge in [-0.1, -0.05) is 23.2 Å². The highest BCUT2D eigenvalue weighted by atomic mass is 35.5. The van der Waals surface area contributed by atoms with Crippen molar-refractivity contribution in [3.63, 3.8) is 0 Å². The fourth-order valence-corrected chi connectivity index (χ4v) is 3.50. The molecule has 1 aliphatic heterocycles. The minimum absolute atomic E-state index is 0.227. The van der Waals surface area contributed by atoms with Crippen molar-refractivity contribution in [2.75, 3.05) is 18.0 Å². The SMILES string of the molecule is NC(=O)c1ccc(N2CCC(C(=O)O)CC2)cc1Oc1ccc(Cl)cc1Cl. The highest BCUT2D eigenvalue weighted by Crippen LogP contribution is 2.35. The number of carbonyl (C=O) groups excluding carboxylic acids is 1. The van der Waals surface area contributed by atoms with E-state index in [0.29, 0.717) is 41.7 Å². The topological polar surface area (TPSA) is 92.9 Å². The number of primary amides is 1. The van der Waals surface area contributed by atoms with Crippen LogP contribution in [0, 0.1) is 5.92 Å². The Morgan fingerprint density at radius 2 is 1.78 bits per heavy atom. The summed E-state index contributed by atoms with van der Waals surface area (Å²) in [5.74, 6) is -1.07. The Kier molecular flexibility index (Phi) is 5.77. The van der Waals surface area contributed by atoms with E-state index in [0.717, 1.165) is 5.69 Å². The molecule has 1 fully saturated rings. The van der Waals surface area contributed by atoms with Gasteiger partial charge >= 0.3 is 5.97 Å². The Morgan fingerprint density at radius 3 is 2.37 bits per heavy atom. The zero-order chi connectivity index (χ0) is 19.6. The van der Waals surface area contributed by atoms with Gasteiger partial charge in [0.15, 0.2) is 0 Å². The van der Waals surface area contributed by atoms with E-state index in [9.17, 15) is 9.59 Å². The smallest absolute Gasteiger partial charge is 0.306 e. The Morgan fingerprint density at radius 1 is 1.07 bits per heavy atom. The maximum Gasteiger partial charge on any atom is 0.306 e. The minimum Gasteiger partial charge on any atom is -0.481 e. The molecule has 6 nitrogen and oxygen atoms in total. The number of ether oxygens (including phenoxy) is 1. The molecule has 27 heavy (non-hydrogen) atoms. The molecule has 1 amide bonds. The van der Waals surface area contributed by atoms with Crippen LogP contribution in [0.2, 0.25) is 10.0 Å². The zero-order valence-electron chi connectivity index (χ0n) is 14.3. The zero-order valence-corrected chi connectivity index (χ0v) is 15.8. The van der Waals surface area contributed by atoms with E-state index >= 15 is 0 Å². The number of nitrogens with two attached hydrogens (primary N) is 1. The Labute approximate surface area is 166 Å². The van der Waals surface area contributed by atoms with Crippen LogP contribution in [0.3, 0.4) is 0 Å². The van der Waals surface area contributed by atoms with Crippen molar-refractivity contribution in [1.82, 2.24) is 0 Å². The fourth-order valence-electron chi connectivity index (χ4n) is 3.06. The molecule has 0 aliphatic carbocycles. The summed E-state index contributed by atoms with van der Waals surface area (Å²) in [6.07, 6.45) is 1.12. The van der Waals surface area contributed by atoms with Crippen molar-refractivity contribution < 1.29 is 19.4 Å². The quantitative estimate of drug-likeness (QED) is 0.773. The van der Waals surface area contributed by atoms with E-state index < -0.39 is 11.9 Å². The molecule has 3 rings (SSSR count). The molecule has 3 N–H and O–H groups in total. The number of amides is 1. The molecule has 1 heterocycles. The lowest BCUT2D eigenvalue weighted by Crippen LogP contribution is -2.36. The predicted molar refractivity (Wildman–Crippen MR) is 104 cm³/mol. The van der Waals surface area contributed by atoms with Crippen molar-refractivity contribution in [3.05, 3.63) is 52.0 Å². The molecule has 142 valence electrons. The fraction of sp³-hybridized carbons (Fsp3) is 0.263. The van der Waals surface area contributed by atoms with Gasteiger partial charge in [-0.2, -0.15) is 0 Å².